The SMILES string of the molecule is NC(Cc1c(F)ccc(Br)c1F)CC1OCCO1. The summed E-state index contributed by atoms with van der Waals surface area (Å²) in [4.78, 5) is 0. The second kappa shape index (κ2) is 6.06. The van der Waals surface area contributed by atoms with Crippen LogP contribution in [0.4, 0.5) is 8.78 Å². The van der Waals surface area contributed by atoms with Crippen molar-refractivity contribution >= 4 is 15.9 Å². The van der Waals surface area contributed by atoms with E-state index in [1.165, 1.54) is 12.1 Å². The summed E-state index contributed by atoms with van der Waals surface area (Å²) in [6, 6.07) is 2.15. The monoisotopic (exact) mass is 321 g/mol. The first kappa shape index (κ1) is 13.9. The number of rotatable bonds is 4. The van der Waals surface area contributed by atoms with Gasteiger partial charge in [0.1, 0.15) is 11.6 Å². The van der Waals surface area contributed by atoms with E-state index in [1.807, 2.05) is 0 Å². The van der Waals surface area contributed by atoms with E-state index in [9.17, 15) is 8.78 Å². The molecule has 2 rings (SSSR count). The van der Waals surface area contributed by atoms with Gasteiger partial charge in [-0.3, -0.25) is 0 Å². The molecule has 0 saturated carbocycles. The van der Waals surface area contributed by atoms with Gasteiger partial charge < -0.3 is 15.2 Å². The molecular weight excluding hydrogens is 308 g/mol. The van der Waals surface area contributed by atoms with Gasteiger partial charge in [0.05, 0.1) is 17.7 Å². The molecular formula is C12H14BrF2NO2. The minimum atomic E-state index is -0.598. The molecule has 1 unspecified atom stereocenters. The van der Waals surface area contributed by atoms with Crippen molar-refractivity contribution in [2.45, 2.75) is 25.2 Å². The van der Waals surface area contributed by atoms with Crippen LogP contribution in [-0.4, -0.2) is 25.5 Å². The molecule has 1 aliphatic rings. The van der Waals surface area contributed by atoms with Gasteiger partial charge in [-0.1, -0.05) is 0 Å². The van der Waals surface area contributed by atoms with Gasteiger partial charge in [0, 0.05) is 18.0 Å². The Kier molecular flexibility index (Phi) is 4.66. The van der Waals surface area contributed by atoms with E-state index in [0.717, 1.165) is 0 Å². The van der Waals surface area contributed by atoms with Crippen LogP contribution in [0, 0.1) is 11.6 Å². The van der Waals surface area contributed by atoms with Gasteiger partial charge in [-0.2, -0.15) is 0 Å². The zero-order valence-corrected chi connectivity index (χ0v) is 11.3. The van der Waals surface area contributed by atoms with E-state index in [-0.39, 0.29) is 22.7 Å². The highest BCUT2D eigenvalue weighted by atomic mass is 79.9. The maximum Gasteiger partial charge on any atom is 0.159 e. The molecule has 0 spiro atoms. The van der Waals surface area contributed by atoms with E-state index < -0.39 is 17.7 Å². The summed E-state index contributed by atoms with van der Waals surface area (Å²) >= 11 is 3.03. The first-order chi connectivity index (χ1) is 8.58. The maximum absolute atomic E-state index is 13.7. The van der Waals surface area contributed by atoms with Crippen molar-refractivity contribution in [3.63, 3.8) is 0 Å². The van der Waals surface area contributed by atoms with Crippen LogP contribution in [0.2, 0.25) is 0 Å². The quantitative estimate of drug-likeness (QED) is 0.866. The normalized spacial score (nSPS) is 18.2. The van der Waals surface area contributed by atoms with Crippen LogP contribution >= 0.6 is 15.9 Å². The van der Waals surface area contributed by atoms with Gasteiger partial charge in [0.25, 0.3) is 0 Å². The molecule has 2 N–H and O–H groups in total. The molecule has 6 heteroatoms. The summed E-state index contributed by atoms with van der Waals surface area (Å²) in [5, 5.41) is 0. The average Bonchev–Trinajstić information content (AvgIpc) is 2.82. The Balaban J connectivity index is 2.01. The van der Waals surface area contributed by atoms with Crippen LogP contribution in [0.15, 0.2) is 16.6 Å². The number of benzene rings is 1. The Morgan fingerprint density at radius 2 is 2.00 bits per heavy atom. The van der Waals surface area contributed by atoms with Crippen molar-refractivity contribution in [3.05, 3.63) is 33.8 Å². The molecule has 0 aliphatic carbocycles. The molecule has 18 heavy (non-hydrogen) atoms. The van der Waals surface area contributed by atoms with Crippen LogP contribution in [0.5, 0.6) is 0 Å². The second-order valence-electron chi connectivity index (χ2n) is 4.19. The van der Waals surface area contributed by atoms with Gasteiger partial charge in [0.15, 0.2) is 6.29 Å². The smallest absolute Gasteiger partial charge is 0.159 e. The second-order valence-corrected chi connectivity index (χ2v) is 5.05. The standard InChI is InChI=1S/C12H14BrF2NO2/c13-9-1-2-10(14)8(12(9)15)5-7(16)6-11-17-3-4-18-11/h1-2,7,11H,3-6,16H2. The number of hydrogen-bond donors (Lipinski definition) is 1. The highest BCUT2D eigenvalue weighted by molar-refractivity contribution is 9.10. The van der Waals surface area contributed by atoms with Gasteiger partial charge in [-0.15, -0.1) is 0 Å². The van der Waals surface area contributed by atoms with Crippen LogP contribution in [-0.2, 0) is 15.9 Å². The van der Waals surface area contributed by atoms with Crippen molar-refractivity contribution in [1.82, 2.24) is 0 Å². The molecule has 1 atom stereocenters. The molecule has 0 bridgehead atoms. The Morgan fingerprint density at radius 3 is 2.67 bits per heavy atom. The lowest BCUT2D eigenvalue weighted by molar-refractivity contribution is -0.0505. The van der Waals surface area contributed by atoms with Crippen LogP contribution < -0.4 is 5.73 Å². The molecule has 0 aromatic heterocycles. The Bertz CT molecular complexity index is 425. The van der Waals surface area contributed by atoms with Gasteiger partial charge in [-0.25, -0.2) is 8.78 Å². The summed E-state index contributed by atoms with van der Waals surface area (Å²) in [7, 11) is 0. The van der Waals surface area contributed by atoms with E-state index >= 15 is 0 Å². The zero-order chi connectivity index (χ0) is 13.1. The molecule has 1 aliphatic heterocycles. The summed E-state index contributed by atoms with van der Waals surface area (Å²) in [6.45, 7) is 1.08. The van der Waals surface area contributed by atoms with Crippen molar-refractivity contribution in [1.29, 1.82) is 0 Å². The molecule has 100 valence electrons. The third-order valence-electron chi connectivity index (χ3n) is 2.79. The van der Waals surface area contributed by atoms with E-state index in [4.69, 9.17) is 15.2 Å². The zero-order valence-electron chi connectivity index (χ0n) is 9.67. The number of halogens is 3. The molecule has 1 saturated heterocycles. The summed E-state index contributed by atoms with van der Waals surface area (Å²) < 4.78 is 38.0. The van der Waals surface area contributed by atoms with E-state index in [2.05, 4.69) is 15.9 Å². The number of nitrogens with two attached hydrogens (primary N) is 1. The minimum Gasteiger partial charge on any atom is -0.350 e. The largest absolute Gasteiger partial charge is 0.350 e. The van der Waals surface area contributed by atoms with Gasteiger partial charge >= 0.3 is 0 Å². The first-order valence-electron chi connectivity index (χ1n) is 5.69. The third kappa shape index (κ3) is 3.26. The van der Waals surface area contributed by atoms with Crippen molar-refractivity contribution in [2.75, 3.05) is 13.2 Å². The Morgan fingerprint density at radius 1 is 1.33 bits per heavy atom. The maximum atomic E-state index is 13.7. The van der Waals surface area contributed by atoms with Gasteiger partial charge in [0.2, 0.25) is 0 Å². The molecule has 0 amide bonds. The summed E-state index contributed by atoms with van der Waals surface area (Å²) in [5.41, 5.74) is 5.86. The predicted octanol–water partition coefficient (Wildman–Crippen LogP) is 2.36. The van der Waals surface area contributed by atoms with Crippen molar-refractivity contribution in [3.8, 4) is 0 Å². The van der Waals surface area contributed by atoms with Crippen LogP contribution in [0.1, 0.15) is 12.0 Å². The molecule has 1 aromatic rings. The fourth-order valence-electron chi connectivity index (χ4n) is 1.89. The lowest BCUT2D eigenvalue weighted by atomic mass is 10.0. The highest BCUT2D eigenvalue weighted by Gasteiger charge is 2.22. The Labute approximate surface area is 112 Å². The van der Waals surface area contributed by atoms with E-state index in [0.29, 0.717) is 19.6 Å². The van der Waals surface area contributed by atoms with Crippen LogP contribution in [0.25, 0.3) is 0 Å². The third-order valence-corrected chi connectivity index (χ3v) is 3.40. The fourth-order valence-corrected chi connectivity index (χ4v) is 2.26. The van der Waals surface area contributed by atoms with Crippen LogP contribution in [0.3, 0.4) is 0 Å². The topological polar surface area (TPSA) is 44.5 Å². The van der Waals surface area contributed by atoms with E-state index in [1.54, 1.807) is 0 Å². The molecule has 1 aromatic carbocycles. The van der Waals surface area contributed by atoms with Crippen molar-refractivity contribution < 1.29 is 18.3 Å². The molecule has 1 fully saturated rings. The molecule has 0 radical (unpaired) electrons. The first-order valence-corrected chi connectivity index (χ1v) is 6.48. The number of ether oxygens (including phenoxy) is 2. The van der Waals surface area contributed by atoms with Gasteiger partial charge in [-0.05, 0) is 34.5 Å². The fraction of sp³-hybridized carbons (Fsp3) is 0.500. The lowest BCUT2D eigenvalue weighted by Gasteiger charge is -2.16. The average molecular weight is 322 g/mol. The Hall–Kier alpha value is -0.560. The lowest BCUT2D eigenvalue weighted by Crippen LogP contribution is -2.29. The highest BCUT2D eigenvalue weighted by Crippen LogP contribution is 2.23. The van der Waals surface area contributed by atoms with Crippen molar-refractivity contribution in [2.24, 2.45) is 5.73 Å². The minimum absolute atomic E-state index is 0.00475. The summed E-state index contributed by atoms with van der Waals surface area (Å²) in [6.07, 6.45) is 0.171. The predicted molar refractivity (Wildman–Crippen MR) is 66.0 cm³/mol. The molecule has 1 heterocycles. The molecule has 3 nitrogen and oxygen atoms in total. The number of hydrogen-bond acceptors (Lipinski definition) is 3. The summed E-state index contributed by atoms with van der Waals surface area (Å²) in [5.74, 6) is -1.18.